The quantitative estimate of drug-likeness (QED) is 0.545. The maximum Gasteiger partial charge on any atom is 0.227 e. The van der Waals surface area contributed by atoms with E-state index in [9.17, 15) is 4.79 Å². The molecular weight excluding hydrogens is 386 g/mol. The van der Waals surface area contributed by atoms with Gasteiger partial charge in [0.2, 0.25) is 5.91 Å². The summed E-state index contributed by atoms with van der Waals surface area (Å²) in [6, 6.07) is 23.3. The Kier molecular flexibility index (Phi) is 5.72. The molecule has 1 heterocycles. The smallest absolute Gasteiger partial charge is 0.227 e. The lowest BCUT2D eigenvalue weighted by molar-refractivity contribution is -0.117. The standard InChI is InChI=1S/C24H22ClNO3/c1-28-21-10-8-20(9-11-21)26-15-19(14-24(26)27)18-7-12-22(25)23(13-18)29-16-17-5-3-2-4-6-17/h2-13,19H,14-16H2,1H3. The van der Waals surface area contributed by atoms with E-state index in [0.29, 0.717) is 30.3 Å². The van der Waals surface area contributed by atoms with Crippen molar-refractivity contribution in [3.05, 3.63) is 88.9 Å². The molecule has 4 nitrogen and oxygen atoms in total. The van der Waals surface area contributed by atoms with Gasteiger partial charge < -0.3 is 14.4 Å². The maximum atomic E-state index is 12.6. The van der Waals surface area contributed by atoms with Gasteiger partial charge in [0.05, 0.1) is 12.1 Å². The van der Waals surface area contributed by atoms with Crippen molar-refractivity contribution in [1.82, 2.24) is 0 Å². The Labute approximate surface area is 175 Å². The molecule has 0 aliphatic carbocycles. The molecule has 1 aliphatic rings. The molecule has 1 atom stereocenters. The van der Waals surface area contributed by atoms with Crippen LogP contribution in [0.25, 0.3) is 0 Å². The van der Waals surface area contributed by atoms with E-state index >= 15 is 0 Å². The summed E-state index contributed by atoms with van der Waals surface area (Å²) in [5.41, 5.74) is 3.02. The van der Waals surface area contributed by atoms with Gasteiger partial charge in [-0.05, 0) is 47.5 Å². The van der Waals surface area contributed by atoms with Crippen LogP contribution in [0.3, 0.4) is 0 Å². The number of anilines is 1. The highest BCUT2D eigenvalue weighted by Crippen LogP contribution is 2.36. The number of methoxy groups -OCH3 is 1. The summed E-state index contributed by atoms with van der Waals surface area (Å²) < 4.78 is 11.1. The molecular formula is C24H22ClNO3. The fourth-order valence-corrected chi connectivity index (χ4v) is 3.73. The van der Waals surface area contributed by atoms with E-state index in [2.05, 4.69) is 0 Å². The predicted molar refractivity (Wildman–Crippen MR) is 115 cm³/mol. The Morgan fingerprint density at radius 1 is 1.03 bits per heavy atom. The van der Waals surface area contributed by atoms with Crippen molar-refractivity contribution >= 4 is 23.2 Å². The van der Waals surface area contributed by atoms with Gasteiger partial charge in [-0.3, -0.25) is 4.79 Å². The molecule has 0 N–H and O–H groups in total. The number of carbonyl (C=O) groups excluding carboxylic acids is 1. The molecule has 1 aliphatic heterocycles. The molecule has 0 radical (unpaired) electrons. The molecule has 0 saturated carbocycles. The first-order valence-corrected chi connectivity index (χ1v) is 9.92. The monoisotopic (exact) mass is 407 g/mol. The molecule has 148 valence electrons. The molecule has 1 saturated heterocycles. The number of amides is 1. The molecule has 1 unspecified atom stereocenters. The fraction of sp³-hybridized carbons (Fsp3) is 0.208. The second-order valence-corrected chi connectivity index (χ2v) is 7.47. The molecule has 4 rings (SSSR count). The summed E-state index contributed by atoms with van der Waals surface area (Å²) in [6.07, 6.45) is 0.464. The number of hydrogen-bond donors (Lipinski definition) is 0. The van der Waals surface area contributed by atoms with E-state index in [0.717, 1.165) is 22.6 Å². The topological polar surface area (TPSA) is 38.8 Å². The normalized spacial score (nSPS) is 16.1. The highest BCUT2D eigenvalue weighted by Gasteiger charge is 2.32. The third kappa shape index (κ3) is 4.38. The second kappa shape index (κ2) is 8.58. The van der Waals surface area contributed by atoms with Crippen LogP contribution in [-0.4, -0.2) is 19.6 Å². The number of benzene rings is 3. The van der Waals surface area contributed by atoms with Gasteiger partial charge in [0.1, 0.15) is 18.1 Å². The molecule has 0 spiro atoms. The van der Waals surface area contributed by atoms with E-state index in [1.165, 1.54) is 0 Å². The first kappa shape index (κ1) is 19.3. The molecule has 5 heteroatoms. The van der Waals surface area contributed by atoms with Gasteiger partial charge in [-0.1, -0.05) is 48.0 Å². The Bertz CT molecular complexity index is 989. The Hall–Kier alpha value is -2.98. The van der Waals surface area contributed by atoms with Crippen molar-refractivity contribution in [1.29, 1.82) is 0 Å². The number of nitrogens with zero attached hydrogens (tertiary/aromatic N) is 1. The highest BCUT2D eigenvalue weighted by molar-refractivity contribution is 6.32. The Morgan fingerprint density at radius 2 is 1.79 bits per heavy atom. The molecule has 1 fully saturated rings. The van der Waals surface area contributed by atoms with Gasteiger partial charge in [0.15, 0.2) is 0 Å². The number of hydrogen-bond acceptors (Lipinski definition) is 3. The fourth-order valence-electron chi connectivity index (χ4n) is 3.56. The van der Waals surface area contributed by atoms with E-state index in [4.69, 9.17) is 21.1 Å². The zero-order chi connectivity index (χ0) is 20.2. The zero-order valence-corrected chi connectivity index (χ0v) is 16.9. The van der Waals surface area contributed by atoms with E-state index in [1.54, 1.807) is 7.11 Å². The van der Waals surface area contributed by atoms with Gasteiger partial charge >= 0.3 is 0 Å². The predicted octanol–water partition coefficient (Wildman–Crippen LogP) is 5.45. The minimum absolute atomic E-state index is 0.0981. The van der Waals surface area contributed by atoms with Crippen molar-refractivity contribution < 1.29 is 14.3 Å². The third-order valence-corrected chi connectivity index (χ3v) is 5.49. The van der Waals surface area contributed by atoms with Crippen molar-refractivity contribution in [2.75, 3.05) is 18.6 Å². The average molecular weight is 408 g/mol. The maximum absolute atomic E-state index is 12.6. The summed E-state index contributed by atoms with van der Waals surface area (Å²) in [4.78, 5) is 14.4. The Morgan fingerprint density at radius 3 is 2.52 bits per heavy atom. The van der Waals surface area contributed by atoms with Crippen LogP contribution >= 0.6 is 11.6 Å². The SMILES string of the molecule is COc1ccc(N2CC(c3ccc(Cl)c(OCc4ccccc4)c3)CC2=O)cc1. The summed E-state index contributed by atoms with van der Waals surface area (Å²) in [6.45, 7) is 1.08. The molecule has 3 aromatic rings. The van der Waals surface area contributed by atoms with Gasteiger partial charge in [-0.15, -0.1) is 0 Å². The second-order valence-electron chi connectivity index (χ2n) is 7.07. The molecule has 0 aromatic heterocycles. The lowest BCUT2D eigenvalue weighted by Gasteiger charge is -2.18. The Balaban J connectivity index is 1.48. The van der Waals surface area contributed by atoms with E-state index in [-0.39, 0.29) is 11.8 Å². The zero-order valence-electron chi connectivity index (χ0n) is 16.2. The van der Waals surface area contributed by atoms with Crippen molar-refractivity contribution in [3.8, 4) is 11.5 Å². The van der Waals surface area contributed by atoms with Gasteiger partial charge in [0, 0.05) is 24.6 Å². The highest BCUT2D eigenvalue weighted by atomic mass is 35.5. The lowest BCUT2D eigenvalue weighted by atomic mass is 9.98. The summed E-state index contributed by atoms with van der Waals surface area (Å²) >= 11 is 6.34. The van der Waals surface area contributed by atoms with Crippen LogP contribution in [0.15, 0.2) is 72.8 Å². The molecule has 1 amide bonds. The van der Waals surface area contributed by atoms with E-state index in [1.807, 2.05) is 77.7 Å². The van der Waals surface area contributed by atoms with Gasteiger partial charge in [-0.25, -0.2) is 0 Å². The third-order valence-electron chi connectivity index (χ3n) is 5.17. The van der Waals surface area contributed by atoms with Crippen LogP contribution in [0.2, 0.25) is 5.02 Å². The van der Waals surface area contributed by atoms with Crippen LogP contribution in [0.4, 0.5) is 5.69 Å². The molecule has 0 bridgehead atoms. The van der Waals surface area contributed by atoms with Crippen LogP contribution in [0.5, 0.6) is 11.5 Å². The van der Waals surface area contributed by atoms with Crippen LogP contribution in [-0.2, 0) is 11.4 Å². The average Bonchev–Trinajstić information content (AvgIpc) is 3.15. The summed E-state index contributed by atoms with van der Waals surface area (Å²) in [5.74, 6) is 1.63. The van der Waals surface area contributed by atoms with Crippen LogP contribution in [0.1, 0.15) is 23.5 Å². The minimum atomic E-state index is 0.0981. The van der Waals surface area contributed by atoms with Crippen molar-refractivity contribution in [2.45, 2.75) is 18.9 Å². The van der Waals surface area contributed by atoms with Gasteiger partial charge in [-0.2, -0.15) is 0 Å². The van der Waals surface area contributed by atoms with Crippen molar-refractivity contribution in [3.63, 3.8) is 0 Å². The van der Waals surface area contributed by atoms with Crippen LogP contribution < -0.4 is 14.4 Å². The molecule has 3 aromatic carbocycles. The lowest BCUT2D eigenvalue weighted by Crippen LogP contribution is -2.24. The molecule has 29 heavy (non-hydrogen) atoms. The largest absolute Gasteiger partial charge is 0.497 e. The summed E-state index contributed by atoms with van der Waals surface area (Å²) in [5, 5.41) is 0.570. The number of rotatable bonds is 6. The van der Waals surface area contributed by atoms with Crippen LogP contribution in [0, 0.1) is 0 Å². The van der Waals surface area contributed by atoms with E-state index < -0.39 is 0 Å². The number of ether oxygens (including phenoxy) is 2. The first-order valence-electron chi connectivity index (χ1n) is 9.54. The van der Waals surface area contributed by atoms with Crippen molar-refractivity contribution in [2.24, 2.45) is 0 Å². The number of halogens is 1. The van der Waals surface area contributed by atoms with Gasteiger partial charge in [0.25, 0.3) is 0 Å². The summed E-state index contributed by atoms with van der Waals surface area (Å²) in [7, 11) is 1.63. The minimum Gasteiger partial charge on any atom is -0.497 e. The number of carbonyl (C=O) groups is 1. The first-order chi connectivity index (χ1) is 14.1.